The summed E-state index contributed by atoms with van der Waals surface area (Å²) < 4.78 is 0. The highest BCUT2D eigenvalue weighted by Gasteiger charge is 2.30. The van der Waals surface area contributed by atoms with Crippen molar-refractivity contribution in [1.82, 2.24) is 0 Å². The molecule has 1 radical (unpaired) electrons. The van der Waals surface area contributed by atoms with Gasteiger partial charge in [0.1, 0.15) is 0 Å². The van der Waals surface area contributed by atoms with Gasteiger partial charge in [0.15, 0.2) is 0 Å². The van der Waals surface area contributed by atoms with Gasteiger partial charge in [0, 0.05) is 5.92 Å². The van der Waals surface area contributed by atoms with Crippen molar-refractivity contribution >= 4 is 0 Å². The van der Waals surface area contributed by atoms with Gasteiger partial charge >= 0.3 is 0 Å². The number of hydrogen-bond donors (Lipinski definition) is 0. The van der Waals surface area contributed by atoms with E-state index >= 15 is 0 Å². The van der Waals surface area contributed by atoms with Gasteiger partial charge in [-0.3, -0.25) is 0 Å². The monoisotopic (exact) mass is 331 g/mol. The summed E-state index contributed by atoms with van der Waals surface area (Å²) in [5, 5.41) is 0. The molecule has 0 amide bonds. The summed E-state index contributed by atoms with van der Waals surface area (Å²) in [5.74, 6) is 0.293. The van der Waals surface area contributed by atoms with Gasteiger partial charge in [-0.15, -0.1) is 0 Å². The second-order valence-electron chi connectivity index (χ2n) is 6.87. The maximum Gasteiger partial charge on any atom is 0.0358 e. The lowest BCUT2D eigenvalue weighted by atomic mass is 9.89. The molecule has 3 aromatic rings. The number of hydrogen-bond acceptors (Lipinski definition) is 0. The summed E-state index contributed by atoms with van der Waals surface area (Å²) in [6, 6.07) is 28.1. The van der Waals surface area contributed by atoms with Crippen molar-refractivity contribution in [2.24, 2.45) is 0 Å². The van der Waals surface area contributed by atoms with Gasteiger partial charge in [-0.2, -0.15) is 0 Å². The van der Waals surface area contributed by atoms with E-state index in [9.17, 15) is 0 Å². The van der Waals surface area contributed by atoms with Crippen LogP contribution < -0.4 is 0 Å². The molecule has 0 fully saturated rings. The van der Waals surface area contributed by atoms with Crippen LogP contribution in [0.15, 0.2) is 108 Å². The van der Waals surface area contributed by atoms with E-state index in [4.69, 9.17) is 0 Å². The molecule has 5 rings (SSSR count). The Labute approximate surface area is 154 Å². The quantitative estimate of drug-likeness (QED) is 0.531. The van der Waals surface area contributed by atoms with Gasteiger partial charge in [0.05, 0.1) is 0 Å². The molecule has 2 aliphatic carbocycles. The first-order valence-electron chi connectivity index (χ1n) is 9.14. The molecule has 0 atom stereocenters. The molecular weight excluding hydrogens is 312 g/mol. The number of allylic oxidation sites excluding steroid dienone is 6. The third-order valence-electron chi connectivity index (χ3n) is 5.28. The van der Waals surface area contributed by atoms with E-state index < -0.39 is 0 Å². The Morgan fingerprint density at radius 1 is 0.692 bits per heavy atom. The smallest absolute Gasteiger partial charge is 0.0358 e. The Morgan fingerprint density at radius 3 is 2.00 bits per heavy atom. The van der Waals surface area contributed by atoms with E-state index in [1.165, 1.54) is 39.0 Å². The van der Waals surface area contributed by atoms with Gasteiger partial charge in [0.2, 0.25) is 0 Å². The van der Waals surface area contributed by atoms with Crippen LogP contribution in [0.2, 0.25) is 0 Å². The van der Waals surface area contributed by atoms with Crippen LogP contribution in [-0.2, 0) is 6.42 Å². The van der Waals surface area contributed by atoms with Crippen LogP contribution in [0.4, 0.5) is 0 Å². The molecule has 0 saturated heterocycles. The first kappa shape index (κ1) is 15.2. The van der Waals surface area contributed by atoms with Crippen LogP contribution in [0.25, 0.3) is 11.1 Å². The lowest BCUT2D eigenvalue weighted by molar-refractivity contribution is 1.01. The molecule has 2 aliphatic rings. The van der Waals surface area contributed by atoms with Crippen LogP contribution >= 0.6 is 0 Å². The maximum atomic E-state index is 3.65. The van der Waals surface area contributed by atoms with Crippen molar-refractivity contribution in [2.45, 2.75) is 12.3 Å². The Balaban J connectivity index is 1.50. The third-order valence-corrected chi connectivity index (χ3v) is 5.28. The summed E-state index contributed by atoms with van der Waals surface area (Å²) >= 11 is 0. The van der Waals surface area contributed by atoms with Crippen molar-refractivity contribution < 1.29 is 0 Å². The van der Waals surface area contributed by atoms with Crippen LogP contribution in [0.1, 0.15) is 22.6 Å². The minimum Gasteiger partial charge on any atom is -0.0722 e. The zero-order valence-electron chi connectivity index (χ0n) is 14.5. The summed E-state index contributed by atoms with van der Waals surface area (Å²) in [6.45, 7) is 0. The Hall–Kier alpha value is -3.12. The summed E-state index contributed by atoms with van der Waals surface area (Å²) in [6.07, 6.45) is 11.3. The molecule has 26 heavy (non-hydrogen) atoms. The van der Waals surface area contributed by atoms with Gasteiger partial charge in [-0.1, -0.05) is 97.1 Å². The molecule has 0 bridgehead atoms. The van der Waals surface area contributed by atoms with E-state index in [2.05, 4.69) is 103 Å². The first-order valence-corrected chi connectivity index (χ1v) is 9.14. The zero-order valence-corrected chi connectivity index (χ0v) is 14.5. The fraction of sp³-hybridized carbons (Fsp3) is 0.0769. The Morgan fingerprint density at radius 2 is 1.31 bits per heavy atom. The molecule has 0 nitrogen and oxygen atoms in total. The van der Waals surface area contributed by atoms with Gasteiger partial charge in [-0.05, 0) is 51.5 Å². The molecule has 0 aliphatic heterocycles. The van der Waals surface area contributed by atoms with Crippen molar-refractivity contribution in [2.75, 3.05) is 0 Å². The standard InChI is InChI=1S/C26H19/c1-2-8-19(9-3-1)14-15-20-16-17-21(18-20)26-24-12-6-4-10-22(24)23-11-5-7-13-25(23)26/h1-13,15-17,26H,14H2/b20-15-. The summed E-state index contributed by atoms with van der Waals surface area (Å²) in [4.78, 5) is 0. The highest BCUT2D eigenvalue weighted by atomic mass is 14.3. The van der Waals surface area contributed by atoms with Crippen LogP contribution in [-0.4, -0.2) is 0 Å². The normalized spacial score (nSPS) is 16.6. The fourth-order valence-electron chi connectivity index (χ4n) is 4.05. The lowest BCUT2D eigenvalue weighted by Crippen LogP contribution is -1.98. The molecule has 0 heteroatoms. The number of rotatable bonds is 3. The van der Waals surface area contributed by atoms with Crippen LogP contribution in [0.3, 0.4) is 0 Å². The second-order valence-corrected chi connectivity index (χ2v) is 6.87. The van der Waals surface area contributed by atoms with E-state index in [1.54, 1.807) is 0 Å². The average Bonchev–Trinajstić information content (AvgIpc) is 3.29. The second kappa shape index (κ2) is 6.31. The van der Waals surface area contributed by atoms with Crippen molar-refractivity contribution in [3.05, 3.63) is 131 Å². The highest BCUT2D eigenvalue weighted by Crippen LogP contribution is 2.49. The highest BCUT2D eigenvalue weighted by molar-refractivity contribution is 5.81. The van der Waals surface area contributed by atoms with Crippen molar-refractivity contribution in [3.63, 3.8) is 0 Å². The fourth-order valence-corrected chi connectivity index (χ4v) is 4.05. The summed E-state index contributed by atoms with van der Waals surface area (Å²) in [5.41, 5.74) is 9.29. The number of benzene rings is 3. The molecule has 0 unspecified atom stereocenters. The molecular formula is C26H19. The zero-order chi connectivity index (χ0) is 17.3. The summed E-state index contributed by atoms with van der Waals surface area (Å²) in [7, 11) is 0. The maximum absolute atomic E-state index is 3.65. The van der Waals surface area contributed by atoms with Crippen molar-refractivity contribution in [3.8, 4) is 11.1 Å². The third kappa shape index (κ3) is 2.55. The molecule has 3 aromatic carbocycles. The van der Waals surface area contributed by atoms with Crippen molar-refractivity contribution in [1.29, 1.82) is 0 Å². The first-order chi connectivity index (χ1) is 12.9. The van der Waals surface area contributed by atoms with E-state index in [0.29, 0.717) is 5.92 Å². The predicted molar refractivity (Wildman–Crippen MR) is 108 cm³/mol. The lowest BCUT2D eigenvalue weighted by Gasteiger charge is -2.13. The van der Waals surface area contributed by atoms with Gasteiger partial charge in [-0.25, -0.2) is 0 Å². The van der Waals surface area contributed by atoms with Crippen LogP contribution in [0.5, 0.6) is 0 Å². The van der Waals surface area contributed by atoms with E-state index in [-0.39, 0.29) is 0 Å². The SMILES string of the molecule is [C]1=C(C2c3ccccc3-c3ccccc32)C=C/C1=C/Cc1ccccc1. The minimum atomic E-state index is 0.293. The minimum absolute atomic E-state index is 0.293. The average molecular weight is 331 g/mol. The van der Waals surface area contributed by atoms with Gasteiger partial charge in [0.25, 0.3) is 0 Å². The topological polar surface area (TPSA) is 0 Å². The molecule has 123 valence electrons. The van der Waals surface area contributed by atoms with Crippen LogP contribution in [0, 0.1) is 6.08 Å². The van der Waals surface area contributed by atoms with Gasteiger partial charge < -0.3 is 0 Å². The number of fused-ring (bicyclic) bond motifs is 3. The Bertz CT molecular complexity index is 1000. The largest absolute Gasteiger partial charge is 0.0722 e. The molecule has 0 aromatic heterocycles. The molecule has 0 heterocycles. The predicted octanol–water partition coefficient (Wildman–Crippen LogP) is 6.27. The molecule has 0 saturated carbocycles. The molecule has 0 spiro atoms. The Kier molecular flexibility index (Phi) is 3.68. The van der Waals surface area contributed by atoms with E-state index in [0.717, 1.165) is 6.42 Å². The molecule has 0 N–H and O–H groups in total. The van der Waals surface area contributed by atoms with E-state index in [1.807, 2.05) is 0 Å².